The molecule has 6 heteroatoms. The maximum atomic E-state index is 11.7. The van der Waals surface area contributed by atoms with Gasteiger partial charge in [-0.05, 0) is 25.2 Å². The van der Waals surface area contributed by atoms with Crippen molar-refractivity contribution in [3.8, 4) is 0 Å². The van der Waals surface area contributed by atoms with Crippen LogP contribution in [-0.4, -0.2) is 34.7 Å². The number of hydrogen-bond donors (Lipinski definition) is 0. The third kappa shape index (κ3) is 2.30. The summed E-state index contributed by atoms with van der Waals surface area (Å²) in [4.78, 5) is 4.58. The fraction of sp³-hybridized carbons (Fsp3) is 0.833. The minimum atomic E-state index is -2.88. The number of hydrogen-bond acceptors (Lipinski definition) is 4. The Morgan fingerprint density at radius 3 is 2.94 bits per heavy atom. The van der Waals surface area contributed by atoms with E-state index >= 15 is 0 Å². The van der Waals surface area contributed by atoms with Crippen molar-refractivity contribution in [2.45, 2.75) is 45.1 Å². The molecule has 0 bridgehead atoms. The third-order valence-corrected chi connectivity index (χ3v) is 5.78. The Labute approximate surface area is 108 Å². The molecule has 1 fully saturated rings. The van der Waals surface area contributed by atoms with E-state index in [1.54, 1.807) is 0 Å². The minimum absolute atomic E-state index is 0.0113. The van der Waals surface area contributed by atoms with Crippen LogP contribution in [0.4, 0.5) is 0 Å². The van der Waals surface area contributed by atoms with Gasteiger partial charge >= 0.3 is 0 Å². The second kappa shape index (κ2) is 4.33. The zero-order chi connectivity index (χ0) is 12.8. The molecular formula is C12H19N3O2S. The van der Waals surface area contributed by atoms with E-state index in [1.807, 2.05) is 4.68 Å². The van der Waals surface area contributed by atoms with Crippen molar-refractivity contribution >= 4 is 9.84 Å². The molecule has 0 saturated carbocycles. The minimum Gasteiger partial charge on any atom is -0.250 e. The fourth-order valence-electron chi connectivity index (χ4n) is 2.88. The molecule has 1 aromatic rings. The predicted molar refractivity (Wildman–Crippen MR) is 68.1 cm³/mol. The highest BCUT2D eigenvalue weighted by Gasteiger charge is 2.30. The van der Waals surface area contributed by atoms with Crippen LogP contribution in [-0.2, 0) is 22.8 Å². The second-order valence-corrected chi connectivity index (χ2v) is 7.89. The van der Waals surface area contributed by atoms with Crippen LogP contribution in [0.1, 0.15) is 43.8 Å². The van der Waals surface area contributed by atoms with Crippen molar-refractivity contribution in [2.75, 3.05) is 11.5 Å². The average Bonchev–Trinajstić information content (AvgIpc) is 2.70. The van der Waals surface area contributed by atoms with E-state index in [9.17, 15) is 8.42 Å². The Balaban J connectivity index is 1.85. The summed E-state index contributed by atoms with van der Waals surface area (Å²) in [6.07, 6.45) is 3.75. The number of aryl methyl sites for hydroxylation is 1. The van der Waals surface area contributed by atoms with Gasteiger partial charge in [-0.2, -0.15) is 5.10 Å². The Bertz CT molecular complexity index is 550. The van der Waals surface area contributed by atoms with Gasteiger partial charge in [-0.25, -0.2) is 18.1 Å². The van der Waals surface area contributed by atoms with Gasteiger partial charge in [0, 0.05) is 18.9 Å². The first kappa shape index (κ1) is 12.1. The van der Waals surface area contributed by atoms with Crippen LogP contribution in [0.3, 0.4) is 0 Å². The summed E-state index contributed by atoms with van der Waals surface area (Å²) < 4.78 is 25.3. The summed E-state index contributed by atoms with van der Waals surface area (Å²) in [5.41, 5.74) is 0. The van der Waals surface area contributed by atoms with E-state index in [1.165, 1.54) is 0 Å². The summed E-state index contributed by atoms with van der Waals surface area (Å²) in [6.45, 7) is 3.14. The Hall–Kier alpha value is -0.910. The van der Waals surface area contributed by atoms with Crippen LogP contribution in [0.2, 0.25) is 0 Å². The molecule has 0 spiro atoms. The van der Waals surface area contributed by atoms with E-state index in [4.69, 9.17) is 0 Å². The molecule has 3 rings (SSSR count). The second-order valence-electron chi connectivity index (χ2n) is 5.66. The molecule has 2 aliphatic heterocycles. The van der Waals surface area contributed by atoms with E-state index in [2.05, 4.69) is 17.0 Å². The molecule has 2 atom stereocenters. The summed E-state index contributed by atoms with van der Waals surface area (Å²) >= 11 is 0. The van der Waals surface area contributed by atoms with Gasteiger partial charge in [-0.15, -0.1) is 0 Å². The van der Waals surface area contributed by atoms with Gasteiger partial charge in [0.05, 0.1) is 11.5 Å². The Morgan fingerprint density at radius 2 is 2.17 bits per heavy atom. The summed E-state index contributed by atoms with van der Waals surface area (Å²) in [7, 11) is -2.88. The Kier molecular flexibility index (Phi) is 2.92. The molecule has 3 heterocycles. The van der Waals surface area contributed by atoms with Gasteiger partial charge in [0.2, 0.25) is 0 Å². The first-order valence-corrected chi connectivity index (χ1v) is 8.50. The smallest absolute Gasteiger partial charge is 0.155 e. The first-order valence-electron chi connectivity index (χ1n) is 6.67. The van der Waals surface area contributed by atoms with E-state index in [-0.39, 0.29) is 11.7 Å². The molecule has 2 unspecified atom stereocenters. The number of rotatable bonds is 1. The molecule has 18 heavy (non-hydrogen) atoms. The molecule has 2 aliphatic rings. The fourth-order valence-corrected chi connectivity index (χ4v) is 4.58. The summed E-state index contributed by atoms with van der Waals surface area (Å²) in [5, 5.41) is 4.52. The molecule has 100 valence electrons. The van der Waals surface area contributed by atoms with Gasteiger partial charge in [0.25, 0.3) is 0 Å². The third-order valence-electron chi connectivity index (χ3n) is 3.96. The van der Waals surface area contributed by atoms with Gasteiger partial charge in [0.1, 0.15) is 5.82 Å². The zero-order valence-corrected chi connectivity index (χ0v) is 11.5. The van der Waals surface area contributed by atoms with Crippen LogP contribution < -0.4 is 0 Å². The first-order chi connectivity index (χ1) is 8.53. The SMILES string of the molecule is CC1CCn2nc(C3CCCS(=O)(=O)C3)nc2C1. The van der Waals surface area contributed by atoms with Crippen LogP contribution in [0.25, 0.3) is 0 Å². The van der Waals surface area contributed by atoms with Crippen molar-refractivity contribution in [3.63, 3.8) is 0 Å². The highest BCUT2D eigenvalue weighted by molar-refractivity contribution is 7.91. The van der Waals surface area contributed by atoms with Crippen molar-refractivity contribution < 1.29 is 8.42 Å². The highest BCUT2D eigenvalue weighted by atomic mass is 32.2. The molecule has 0 aliphatic carbocycles. The summed E-state index contributed by atoms with van der Waals surface area (Å²) in [6, 6.07) is 0. The van der Waals surface area contributed by atoms with E-state index < -0.39 is 9.84 Å². The molecule has 0 aromatic carbocycles. The predicted octanol–water partition coefficient (Wildman–Crippen LogP) is 1.15. The van der Waals surface area contributed by atoms with E-state index in [0.717, 1.165) is 43.9 Å². The molecule has 0 amide bonds. The molecule has 1 aromatic heterocycles. The van der Waals surface area contributed by atoms with Crippen LogP contribution in [0.5, 0.6) is 0 Å². The highest BCUT2D eigenvalue weighted by Crippen LogP contribution is 2.28. The standard InChI is InChI=1S/C12H19N3O2S/c1-9-4-5-15-11(7-9)13-12(14-15)10-3-2-6-18(16,17)8-10/h9-10H,2-8H2,1H3. The lowest BCUT2D eigenvalue weighted by atomic mass is 10.0. The largest absolute Gasteiger partial charge is 0.250 e. The number of sulfone groups is 1. The van der Waals surface area contributed by atoms with Crippen LogP contribution in [0.15, 0.2) is 0 Å². The number of nitrogens with zero attached hydrogens (tertiary/aromatic N) is 3. The summed E-state index contributed by atoms with van der Waals surface area (Å²) in [5.74, 6) is 3.01. The van der Waals surface area contributed by atoms with Gasteiger partial charge in [0.15, 0.2) is 15.7 Å². The van der Waals surface area contributed by atoms with E-state index in [0.29, 0.717) is 11.7 Å². The lowest BCUT2D eigenvalue weighted by molar-refractivity contribution is 0.385. The van der Waals surface area contributed by atoms with Gasteiger partial charge in [-0.1, -0.05) is 6.92 Å². The number of aromatic nitrogens is 3. The van der Waals surface area contributed by atoms with Crippen molar-refractivity contribution in [3.05, 3.63) is 11.6 Å². The molecule has 5 nitrogen and oxygen atoms in total. The maximum absolute atomic E-state index is 11.7. The molecule has 0 radical (unpaired) electrons. The van der Waals surface area contributed by atoms with Crippen LogP contribution >= 0.6 is 0 Å². The molecular weight excluding hydrogens is 250 g/mol. The lowest BCUT2D eigenvalue weighted by Gasteiger charge is -2.18. The van der Waals surface area contributed by atoms with Crippen LogP contribution in [0, 0.1) is 5.92 Å². The van der Waals surface area contributed by atoms with Crippen molar-refractivity contribution in [1.29, 1.82) is 0 Å². The maximum Gasteiger partial charge on any atom is 0.155 e. The average molecular weight is 269 g/mol. The van der Waals surface area contributed by atoms with Crippen molar-refractivity contribution in [1.82, 2.24) is 14.8 Å². The molecule has 0 N–H and O–H groups in total. The van der Waals surface area contributed by atoms with Crippen molar-refractivity contribution in [2.24, 2.45) is 5.92 Å². The van der Waals surface area contributed by atoms with Gasteiger partial charge < -0.3 is 0 Å². The van der Waals surface area contributed by atoms with Gasteiger partial charge in [-0.3, -0.25) is 0 Å². The number of fused-ring (bicyclic) bond motifs is 1. The quantitative estimate of drug-likeness (QED) is 0.767. The normalized spacial score (nSPS) is 30.9. The molecule has 1 saturated heterocycles. The Morgan fingerprint density at radius 1 is 1.33 bits per heavy atom. The topological polar surface area (TPSA) is 64.8 Å². The zero-order valence-electron chi connectivity index (χ0n) is 10.7. The monoisotopic (exact) mass is 269 g/mol. The lowest BCUT2D eigenvalue weighted by Crippen LogP contribution is -2.24.